The van der Waals surface area contributed by atoms with Gasteiger partial charge in [-0.1, -0.05) is 36.4 Å². The van der Waals surface area contributed by atoms with Crippen LogP contribution in [-0.4, -0.2) is 11.6 Å². The lowest BCUT2D eigenvalue weighted by Crippen LogP contribution is -2.28. The molecule has 2 heteroatoms. The SMILES string of the molecule is C=CC(Cc1ccccc1)C(=O)OC(C)(C)C. The molecule has 0 bridgehead atoms. The smallest absolute Gasteiger partial charge is 0.313 e. The minimum absolute atomic E-state index is 0.212. The van der Waals surface area contributed by atoms with Gasteiger partial charge >= 0.3 is 5.97 Å². The molecule has 1 rings (SSSR count). The van der Waals surface area contributed by atoms with Crippen molar-refractivity contribution in [2.24, 2.45) is 5.92 Å². The summed E-state index contributed by atoms with van der Waals surface area (Å²) in [6.07, 6.45) is 2.29. The topological polar surface area (TPSA) is 26.3 Å². The number of carbonyl (C=O) groups is 1. The van der Waals surface area contributed by atoms with Gasteiger partial charge in [-0.15, -0.1) is 6.58 Å². The molecule has 0 spiro atoms. The molecule has 0 heterocycles. The molecule has 1 aromatic rings. The minimum Gasteiger partial charge on any atom is -0.460 e. The minimum atomic E-state index is -0.449. The monoisotopic (exact) mass is 232 g/mol. The highest BCUT2D eigenvalue weighted by Gasteiger charge is 2.22. The number of hydrogen-bond acceptors (Lipinski definition) is 2. The lowest BCUT2D eigenvalue weighted by atomic mass is 9.99. The molecular formula is C15H20O2. The zero-order chi connectivity index (χ0) is 12.9. The van der Waals surface area contributed by atoms with E-state index in [1.807, 2.05) is 51.1 Å². The molecule has 92 valence electrons. The van der Waals surface area contributed by atoms with Crippen LogP contribution in [0, 0.1) is 5.92 Å². The van der Waals surface area contributed by atoms with Crippen LogP contribution < -0.4 is 0 Å². The quantitative estimate of drug-likeness (QED) is 0.587. The summed E-state index contributed by atoms with van der Waals surface area (Å²) in [4.78, 5) is 11.9. The van der Waals surface area contributed by atoms with Gasteiger partial charge < -0.3 is 4.74 Å². The molecule has 0 amide bonds. The standard InChI is InChI=1S/C15H20O2/c1-5-13(14(16)17-15(2,3)4)11-12-9-7-6-8-10-12/h5-10,13H,1,11H2,2-4H3. The first-order valence-corrected chi connectivity index (χ1v) is 5.82. The molecule has 0 saturated heterocycles. The lowest BCUT2D eigenvalue weighted by molar-refractivity contribution is -0.158. The average Bonchev–Trinajstić information content (AvgIpc) is 2.24. The second-order valence-electron chi connectivity index (χ2n) is 5.07. The number of ether oxygens (including phenoxy) is 1. The van der Waals surface area contributed by atoms with Crippen LogP contribution in [0.15, 0.2) is 43.0 Å². The Bertz CT molecular complexity index is 374. The van der Waals surface area contributed by atoms with E-state index in [9.17, 15) is 4.79 Å². The van der Waals surface area contributed by atoms with Crippen LogP contribution in [0.25, 0.3) is 0 Å². The molecule has 0 radical (unpaired) electrons. The largest absolute Gasteiger partial charge is 0.460 e. The van der Waals surface area contributed by atoms with E-state index >= 15 is 0 Å². The van der Waals surface area contributed by atoms with Gasteiger partial charge in [0.1, 0.15) is 5.60 Å². The van der Waals surface area contributed by atoms with Gasteiger partial charge in [0, 0.05) is 0 Å². The molecule has 1 aromatic carbocycles. The van der Waals surface area contributed by atoms with Gasteiger partial charge in [-0.3, -0.25) is 4.79 Å². The van der Waals surface area contributed by atoms with Crippen LogP contribution in [0.2, 0.25) is 0 Å². The van der Waals surface area contributed by atoms with Gasteiger partial charge in [0.05, 0.1) is 5.92 Å². The Morgan fingerprint density at radius 3 is 2.41 bits per heavy atom. The van der Waals surface area contributed by atoms with Crippen molar-refractivity contribution in [3.8, 4) is 0 Å². The van der Waals surface area contributed by atoms with Crippen molar-refractivity contribution in [3.05, 3.63) is 48.6 Å². The Balaban J connectivity index is 2.66. The third kappa shape index (κ3) is 4.85. The second-order valence-corrected chi connectivity index (χ2v) is 5.07. The van der Waals surface area contributed by atoms with Crippen LogP contribution >= 0.6 is 0 Å². The van der Waals surface area contributed by atoms with Crippen molar-refractivity contribution in [2.75, 3.05) is 0 Å². The Kier molecular flexibility index (Phi) is 4.50. The fraction of sp³-hybridized carbons (Fsp3) is 0.400. The summed E-state index contributed by atoms with van der Waals surface area (Å²) in [5, 5.41) is 0. The maximum Gasteiger partial charge on any atom is 0.313 e. The molecule has 0 N–H and O–H groups in total. The van der Waals surface area contributed by atoms with Gasteiger partial charge in [0.15, 0.2) is 0 Å². The predicted octanol–water partition coefficient (Wildman–Crippen LogP) is 3.37. The van der Waals surface area contributed by atoms with E-state index in [0.29, 0.717) is 6.42 Å². The van der Waals surface area contributed by atoms with Gasteiger partial charge in [-0.25, -0.2) is 0 Å². The molecule has 1 atom stereocenters. The summed E-state index contributed by atoms with van der Waals surface area (Å²) < 4.78 is 5.35. The van der Waals surface area contributed by atoms with Crippen molar-refractivity contribution in [2.45, 2.75) is 32.8 Å². The van der Waals surface area contributed by atoms with Crippen molar-refractivity contribution >= 4 is 5.97 Å². The number of carbonyl (C=O) groups excluding carboxylic acids is 1. The molecule has 0 aliphatic rings. The van der Waals surface area contributed by atoms with Crippen LogP contribution in [-0.2, 0) is 16.0 Å². The first-order chi connectivity index (χ1) is 7.92. The zero-order valence-electron chi connectivity index (χ0n) is 10.8. The molecule has 0 saturated carbocycles. The third-order valence-corrected chi connectivity index (χ3v) is 2.29. The van der Waals surface area contributed by atoms with E-state index < -0.39 is 5.60 Å². The van der Waals surface area contributed by atoms with E-state index in [4.69, 9.17) is 4.74 Å². The maximum atomic E-state index is 11.9. The third-order valence-electron chi connectivity index (χ3n) is 2.29. The number of hydrogen-bond donors (Lipinski definition) is 0. The van der Waals surface area contributed by atoms with Crippen LogP contribution in [0.1, 0.15) is 26.3 Å². The summed E-state index contributed by atoms with van der Waals surface area (Å²) in [5.41, 5.74) is 0.665. The summed E-state index contributed by atoms with van der Waals surface area (Å²) in [6, 6.07) is 9.89. The fourth-order valence-corrected chi connectivity index (χ4v) is 1.51. The van der Waals surface area contributed by atoms with Gasteiger partial charge in [0.2, 0.25) is 0 Å². The lowest BCUT2D eigenvalue weighted by Gasteiger charge is -2.22. The first kappa shape index (κ1) is 13.5. The van der Waals surface area contributed by atoms with Crippen molar-refractivity contribution in [1.29, 1.82) is 0 Å². The Hall–Kier alpha value is -1.57. The van der Waals surface area contributed by atoms with Crippen LogP contribution in [0.5, 0.6) is 0 Å². The Morgan fingerprint density at radius 2 is 1.94 bits per heavy atom. The Morgan fingerprint density at radius 1 is 1.35 bits per heavy atom. The van der Waals surface area contributed by atoms with Gasteiger partial charge in [-0.05, 0) is 32.8 Å². The average molecular weight is 232 g/mol. The van der Waals surface area contributed by atoms with E-state index in [0.717, 1.165) is 5.56 Å². The maximum absolute atomic E-state index is 11.9. The van der Waals surface area contributed by atoms with E-state index in [2.05, 4.69) is 6.58 Å². The van der Waals surface area contributed by atoms with Crippen LogP contribution in [0.4, 0.5) is 0 Å². The molecule has 17 heavy (non-hydrogen) atoms. The molecule has 0 aromatic heterocycles. The predicted molar refractivity (Wildman–Crippen MR) is 69.7 cm³/mol. The second kappa shape index (κ2) is 5.67. The molecular weight excluding hydrogens is 212 g/mol. The molecule has 0 aliphatic heterocycles. The van der Waals surface area contributed by atoms with Crippen molar-refractivity contribution in [3.63, 3.8) is 0 Å². The molecule has 2 nitrogen and oxygen atoms in total. The molecule has 0 aliphatic carbocycles. The van der Waals surface area contributed by atoms with E-state index in [1.165, 1.54) is 0 Å². The summed E-state index contributed by atoms with van der Waals surface area (Å²) >= 11 is 0. The van der Waals surface area contributed by atoms with Crippen molar-refractivity contribution in [1.82, 2.24) is 0 Å². The van der Waals surface area contributed by atoms with E-state index in [-0.39, 0.29) is 11.9 Å². The van der Waals surface area contributed by atoms with Crippen LogP contribution in [0.3, 0.4) is 0 Å². The first-order valence-electron chi connectivity index (χ1n) is 5.82. The normalized spacial score (nSPS) is 12.9. The van der Waals surface area contributed by atoms with Gasteiger partial charge in [0.25, 0.3) is 0 Å². The summed E-state index contributed by atoms with van der Waals surface area (Å²) in [7, 11) is 0. The summed E-state index contributed by atoms with van der Waals surface area (Å²) in [6.45, 7) is 9.31. The fourth-order valence-electron chi connectivity index (χ4n) is 1.51. The number of rotatable bonds is 4. The molecule has 1 unspecified atom stereocenters. The highest BCUT2D eigenvalue weighted by Crippen LogP contribution is 2.16. The number of benzene rings is 1. The molecule has 0 fully saturated rings. The van der Waals surface area contributed by atoms with Crippen molar-refractivity contribution < 1.29 is 9.53 Å². The van der Waals surface area contributed by atoms with E-state index in [1.54, 1.807) is 6.08 Å². The highest BCUT2D eigenvalue weighted by atomic mass is 16.6. The Labute approximate surface area is 103 Å². The number of esters is 1. The highest BCUT2D eigenvalue weighted by molar-refractivity contribution is 5.75. The summed E-state index contributed by atoms with van der Waals surface area (Å²) in [5.74, 6) is -0.493. The zero-order valence-corrected chi connectivity index (χ0v) is 10.8. The van der Waals surface area contributed by atoms with Gasteiger partial charge in [-0.2, -0.15) is 0 Å².